The third-order valence-corrected chi connectivity index (χ3v) is 5.88. The minimum Gasteiger partial charge on any atom is -0.497 e. The Morgan fingerprint density at radius 3 is 2.09 bits per heavy atom. The molecule has 3 aromatic carbocycles. The molecule has 0 fully saturated rings. The number of rotatable bonds is 9. The van der Waals surface area contributed by atoms with E-state index in [0.29, 0.717) is 28.5 Å². The molecule has 0 aliphatic carbocycles. The third-order valence-electron chi connectivity index (χ3n) is 4.50. The van der Waals surface area contributed by atoms with Crippen molar-refractivity contribution in [3.63, 3.8) is 0 Å². The van der Waals surface area contributed by atoms with Gasteiger partial charge < -0.3 is 14.2 Å². The Kier molecular flexibility index (Phi) is 7.52. The lowest BCUT2D eigenvalue weighted by Crippen LogP contribution is -2.19. The van der Waals surface area contributed by atoms with E-state index in [2.05, 4.69) is 15.2 Å². The smallest absolute Gasteiger partial charge is 0.271 e. The number of hydrazone groups is 1. The molecule has 2 N–H and O–H groups in total. The summed E-state index contributed by atoms with van der Waals surface area (Å²) < 4.78 is 43.4. The summed E-state index contributed by atoms with van der Waals surface area (Å²) in [5, 5.41) is 3.93. The van der Waals surface area contributed by atoms with Gasteiger partial charge in [-0.3, -0.25) is 9.52 Å². The van der Waals surface area contributed by atoms with E-state index < -0.39 is 15.9 Å². The molecule has 9 nitrogen and oxygen atoms in total. The van der Waals surface area contributed by atoms with Crippen LogP contribution in [0.15, 0.2) is 76.7 Å². The van der Waals surface area contributed by atoms with Crippen LogP contribution in [0.3, 0.4) is 0 Å². The summed E-state index contributed by atoms with van der Waals surface area (Å²) in [5.41, 5.74) is 3.53. The van der Waals surface area contributed by atoms with Crippen molar-refractivity contribution in [3.8, 4) is 17.2 Å². The number of methoxy groups -OCH3 is 3. The van der Waals surface area contributed by atoms with Crippen molar-refractivity contribution >= 4 is 27.8 Å². The van der Waals surface area contributed by atoms with E-state index in [1.54, 1.807) is 42.5 Å². The normalized spacial score (nSPS) is 11.1. The summed E-state index contributed by atoms with van der Waals surface area (Å²) in [6.07, 6.45) is 1.43. The Morgan fingerprint density at radius 2 is 1.48 bits per heavy atom. The average Bonchev–Trinajstić information content (AvgIpc) is 2.84. The Morgan fingerprint density at radius 1 is 0.848 bits per heavy atom. The molecule has 0 aromatic heterocycles. The highest BCUT2D eigenvalue weighted by Gasteiger charge is 2.16. The van der Waals surface area contributed by atoms with Crippen molar-refractivity contribution in [2.75, 3.05) is 26.1 Å². The lowest BCUT2D eigenvalue weighted by Gasteiger charge is -2.10. The first-order valence-corrected chi connectivity index (χ1v) is 11.2. The van der Waals surface area contributed by atoms with Gasteiger partial charge in [-0.05, 0) is 54.6 Å². The first-order chi connectivity index (χ1) is 15.8. The maximum atomic E-state index is 12.7. The van der Waals surface area contributed by atoms with Crippen LogP contribution in [0.25, 0.3) is 0 Å². The van der Waals surface area contributed by atoms with Crippen LogP contribution in [0.5, 0.6) is 17.2 Å². The summed E-state index contributed by atoms with van der Waals surface area (Å²) in [4.78, 5) is 12.4. The summed E-state index contributed by atoms with van der Waals surface area (Å²) in [6, 6.07) is 17.2. The maximum Gasteiger partial charge on any atom is 0.271 e. The number of sulfonamides is 1. The lowest BCUT2D eigenvalue weighted by molar-refractivity contribution is 0.0955. The van der Waals surface area contributed by atoms with Gasteiger partial charge in [0.15, 0.2) is 0 Å². The first kappa shape index (κ1) is 23.6. The summed E-state index contributed by atoms with van der Waals surface area (Å²) in [7, 11) is 0.676. The van der Waals surface area contributed by atoms with Crippen LogP contribution in [0.1, 0.15) is 15.9 Å². The predicted molar refractivity (Wildman–Crippen MR) is 125 cm³/mol. The molecule has 0 aliphatic rings. The molecule has 3 aromatic rings. The molecule has 0 saturated heterocycles. The van der Waals surface area contributed by atoms with E-state index in [9.17, 15) is 13.2 Å². The number of nitrogens with zero attached hydrogens (tertiary/aromatic N) is 1. The highest BCUT2D eigenvalue weighted by atomic mass is 32.2. The molecule has 0 atom stereocenters. The fourth-order valence-corrected chi connectivity index (χ4v) is 3.92. The molecular formula is C23H23N3O6S. The van der Waals surface area contributed by atoms with Crippen LogP contribution in [0.2, 0.25) is 0 Å². The second kappa shape index (κ2) is 10.5. The molecule has 0 saturated carbocycles. The molecule has 0 unspecified atom stereocenters. The van der Waals surface area contributed by atoms with Gasteiger partial charge in [0.05, 0.1) is 32.4 Å². The number of amides is 1. The Bertz CT molecular complexity index is 1240. The van der Waals surface area contributed by atoms with Gasteiger partial charge in [-0.1, -0.05) is 6.07 Å². The number of nitrogens with one attached hydrogen (secondary N) is 2. The van der Waals surface area contributed by atoms with Crippen molar-refractivity contribution in [2.45, 2.75) is 4.90 Å². The van der Waals surface area contributed by atoms with E-state index in [-0.39, 0.29) is 10.5 Å². The molecule has 33 heavy (non-hydrogen) atoms. The van der Waals surface area contributed by atoms with Crippen LogP contribution in [-0.4, -0.2) is 41.9 Å². The van der Waals surface area contributed by atoms with Gasteiger partial charge in [0.2, 0.25) is 0 Å². The molecule has 10 heteroatoms. The maximum absolute atomic E-state index is 12.7. The van der Waals surface area contributed by atoms with Crippen LogP contribution in [-0.2, 0) is 10.0 Å². The Balaban J connectivity index is 1.71. The van der Waals surface area contributed by atoms with E-state index in [0.717, 1.165) is 0 Å². The van der Waals surface area contributed by atoms with E-state index in [1.165, 1.54) is 51.8 Å². The Labute approximate surface area is 192 Å². The number of anilines is 1. The zero-order chi connectivity index (χ0) is 23.8. The van der Waals surface area contributed by atoms with Gasteiger partial charge >= 0.3 is 0 Å². The average molecular weight is 470 g/mol. The van der Waals surface area contributed by atoms with Crippen LogP contribution in [0.4, 0.5) is 5.69 Å². The summed E-state index contributed by atoms with van der Waals surface area (Å²) in [6.45, 7) is 0. The fraction of sp³-hybridized carbons (Fsp3) is 0.130. The summed E-state index contributed by atoms with van der Waals surface area (Å²) >= 11 is 0. The highest BCUT2D eigenvalue weighted by molar-refractivity contribution is 7.92. The fourth-order valence-electron chi connectivity index (χ4n) is 2.81. The van der Waals surface area contributed by atoms with Gasteiger partial charge in [0.1, 0.15) is 17.2 Å². The van der Waals surface area contributed by atoms with Crippen molar-refractivity contribution in [1.82, 2.24) is 5.43 Å². The number of hydrogen-bond acceptors (Lipinski definition) is 7. The molecule has 0 bridgehead atoms. The molecule has 0 aliphatic heterocycles. The second-order valence-electron chi connectivity index (χ2n) is 6.71. The first-order valence-electron chi connectivity index (χ1n) is 9.68. The lowest BCUT2D eigenvalue weighted by atomic mass is 10.2. The second-order valence-corrected chi connectivity index (χ2v) is 8.39. The molecule has 1 amide bonds. The monoisotopic (exact) mass is 469 g/mol. The SMILES string of the molecule is COc1ccc(NS(=O)(=O)c2cccc(C(=O)N/N=C/c3cc(OC)cc(OC)c3)c2)cc1. The van der Waals surface area contributed by atoms with E-state index in [4.69, 9.17) is 14.2 Å². The molecule has 0 spiro atoms. The minimum absolute atomic E-state index is 0.0625. The number of benzene rings is 3. The van der Waals surface area contributed by atoms with Gasteiger partial charge in [0, 0.05) is 22.9 Å². The Hall–Kier alpha value is -4.05. The van der Waals surface area contributed by atoms with Crippen molar-refractivity contribution in [3.05, 3.63) is 77.9 Å². The number of hydrogen-bond donors (Lipinski definition) is 2. The molecule has 0 radical (unpaired) electrons. The molecule has 3 rings (SSSR count). The summed E-state index contributed by atoms with van der Waals surface area (Å²) in [5.74, 6) is 1.18. The quantitative estimate of drug-likeness (QED) is 0.367. The highest BCUT2D eigenvalue weighted by Crippen LogP contribution is 2.22. The topological polar surface area (TPSA) is 115 Å². The van der Waals surface area contributed by atoms with Crippen molar-refractivity contribution in [2.24, 2.45) is 5.10 Å². The van der Waals surface area contributed by atoms with E-state index >= 15 is 0 Å². The molecular weight excluding hydrogens is 446 g/mol. The predicted octanol–water partition coefficient (Wildman–Crippen LogP) is 3.28. The van der Waals surface area contributed by atoms with Crippen LogP contribution < -0.4 is 24.4 Å². The number of ether oxygens (including phenoxy) is 3. The van der Waals surface area contributed by atoms with Gasteiger partial charge in [-0.15, -0.1) is 0 Å². The number of carbonyl (C=O) groups excluding carboxylic acids is 1. The van der Waals surface area contributed by atoms with Gasteiger partial charge in [-0.2, -0.15) is 5.10 Å². The van der Waals surface area contributed by atoms with Gasteiger partial charge in [0.25, 0.3) is 15.9 Å². The van der Waals surface area contributed by atoms with Crippen LogP contribution in [0, 0.1) is 0 Å². The van der Waals surface area contributed by atoms with E-state index in [1.807, 2.05) is 0 Å². The largest absolute Gasteiger partial charge is 0.497 e. The van der Waals surface area contributed by atoms with Crippen molar-refractivity contribution < 1.29 is 27.4 Å². The zero-order valence-electron chi connectivity index (χ0n) is 18.2. The molecule has 172 valence electrons. The number of carbonyl (C=O) groups is 1. The van der Waals surface area contributed by atoms with Crippen LogP contribution >= 0.6 is 0 Å². The minimum atomic E-state index is -3.90. The zero-order valence-corrected chi connectivity index (χ0v) is 19.0. The third kappa shape index (κ3) is 6.23. The van der Waals surface area contributed by atoms with Crippen molar-refractivity contribution in [1.29, 1.82) is 0 Å². The standard InChI is InChI=1S/C23H23N3O6S/c1-30-19-9-7-18(8-10-19)26-33(28,29)22-6-4-5-17(13-22)23(27)25-24-15-16-11-20(31-2)14-21(12-16)32-3/h4-15,26H,1-3H3,(H,25,27)/b24-15+. The van der Waals surface area contributed by atoms with Gasteiger partial charge in [-0.25, -0.2) is 13.8 Å². The molecule has 0 heterocycles.